The number of hydrogen-bond acceptors (Lipinski definition) is 2. The molecular weight excluding hydrogens is 322 g/mol. The molecule has 0 N–H and O–H groups in total. The van der Waals surface area contributed by atoms with Crippen molar-refractivity contribution in [3.8, 4) is 0 Å². The highest BCUT2D eigenvalue weighted by atomic mass is 19.1. The summed E-state index contributed by atoms with van der Waals surface area (Å²) in [7, 11) is 0. The molecule has 1 heterocycles. The summed E-state index contributed by atoms with van der Waals surface area (Å²) >= 11 is 0. The van der Waals surface area contributed by atoms with Crippen LogP contribution in [0.4, 0.5) is 8.78 Å². The van der Waals surface area contributed by atoms with Crippen LogP contribution in [0, 0.1) is 11.6 Å². The number of rotatable bonds is 2. The quantitative estimate of drug-likeness (QED) is 0.751. The predicted molar refractivity (Wildman–Crippen MR) is 89.6 cm³/mol. The van der Waals surface area contributed by atoms with Gasteiger partial charge in [-0.05, 0) is 30.7 Å². The zero-order valence-corrected chi connectivity index (χ0v) is 13.2. The Hall–Kier alpha value is -3.01. The van der Waals surface area contributed by atoms with Gasteiger partial charge >= 0.3 is 5.97 Å². The van der Waals surface area contributed by atoms with Crippen LogP contribution in [0.2, 0.25) is 0 Å². The minimum atomic E-state index is -1.22. The third kappa shape index (κ3) is 2.41. The normalized spacial score (nSPS) is 18.1. The second-order valence-corrected chi connectivity index (χ2v) is 5.95. The third-order valence-corrected chi connectivity index (χ3v) is 4.49. The molecule has 0 saturated carbocycles. The maximum Gasteiger partial charge on any atom is 0.339 e. The van der Waals surface area contributed by atoms with Gasteiger partial charge in [-0.1, -0.05) is 48.6 Å². The first kappa shape index (κ1) is 15.5. The number of cyclic esters (lactones) is 1. The average Bonchev–Trinajstić information content (AvgIpc) is 2.78. The fraction of sp³-hybridized carbons (Fsp3) is 0.0952. The molecule has 0 radical (unpaired) electrons. The zero-order valence-electron chi connectivity index (χ0n) is 13.2. The number of ether oxygens (including phenoxy) is 1. The van der Waals surface area contributed by atoms with E-state index in [9.17, 15) is 13.6 Å². The molecule has 4 heteroatoms. The Kier molecular flexibility index (Phi) is 3.61. The molecule has 1 fully saturated rings. The van der Waals surface area contributed by atoms with E-state index < -0.39 is 11.6 Å². The smallest absolute Gasteiger partial charge is 0.339 e. The van der Waals surface area contributed by atoms with E-state index in [2.05, 4.69) is 0 Å². The van der Waals surface area contributed by atoms with Crippen molar-refractivity contribution in [3.05, 3.63) is 107 Å². The highest BCUT2D eigenvalue weighted by molar-refractivity contribution is 5.99. The minimum absolute atomic E-state index is 0.382. The lowest BCUT2D eigenvalue weighted by molar-refractivity contribution is -0.143. The van der Waals surface area contributed by atoms with Gasteiger partial charge in [0.1, 0.15) is 11.6 Å². The van der Waals surface area contributed by atoms with E-state index in [0.29, 0.717) is 28.7 Å². The highest BCUT2D eigenvalue weighted by Gasteiger charge is 2.50. The number of esters is 1. The van der Waals surface area contributed by atoms with Crippen molar-refractivity contribution in [1.82, 2.24) is 0 Å². The molecule has 1 aliphatic heterocycles. The summed E-state index contributed by atoms with van der Waals surface area (Å²) in [5.74, 6) is -1.20. The summed E-state index contributed by atoms with van der Waals surface area (Å²) in [4.78, 5) is 12.6. The summed E-state index contributed by atoms with van der Waals surface area (Å²) in [5.41, 5.74) is 1.15. The first-order valence-electron chi connectivity index (χ1n) is 7.94. The summed E-state index contributed by atoms with van der Waals surface area (Å²) in [6, 6.07) is 11.6. The number of fused-ring (bicyclic) bond motifs is 1. The van der Waals surface area contributed by atoms with Gasteiger partial charge in [0.05, 0.1) is 5.57 Å². The molecule has 0 spiro atoms. The van der Waals surface area contributed by atoms with E-state index in [1.54, 1.807) is 24.3 Å². The molecule has 0 unspecified atom stereocenters. The molecule has 0 atom stereocenters. The molecule has 2 aliphatic rings. The Morgan fingerprint density at radius 2 is 1.44 bits per heavy atom. The van der Waals surface area contributed by atoms with E-state index in [1.807, 2.05) is 24.3 Å². The van der Waals surface area contributed by atoms with Crippen molar-refractivity contribution in [2.24, 2.45) is 0 Å². The number of carbonyl (C=O) groups is 1. The van der Waals surface area contributed by atoms with E-state index in [0.717, 1.165) is 0 Å². The van der Waals surface area contributed by atoms with Crippen LogP contribution in [0.5, 0.6) is 0 Å². The Morgan fingerprint density at radius 3 is 2.00 bits per heavy atom. The maximum atomic E-state index is 13.4. The fourth-order valence-corrected chi connectivity index (χ4v) is 3.34. The van der Waals surface area contributed by atoms with Crippen LogP contribution >= 0.6 is 0 Å². The Balaban J connectivity index is 2.01. The standard InChI is InChI=1S/C21H14F2O2/c22-16-10-6-14(7-11-16)21(15-8-12-17(23)13-9-15)19-5-3-1-2-4-18(19)20(24)25-21/h1,3-13H,2H2. The molecular formula is C21H14F2O2. The molecule has 1 saturated heterocycles. The van der Waals surface area contributed by atoms with Gasteiger partial charge < -0.3 is 4.74 Å². The molecule has 25 heavy (non-hydrogen) atoms. The van der Waals surface area contributed by atoms with Gasteiger partial charge in [0.15, 0.2) is 5.60 Å². The van der Waals surface area contributed by atoms with Crippen LogP contribution in [0.15, 0.2) is 84.0 Å². The monoisotopic (exact) mass is 336 g/mol. The highest BCUT2D eigenvalue weighted by Crippen LogP contribution is 2.49. The number of halogens is 2. The molecule has 0 aromatic heterocycles. The lowest BCUT2D eigenvalue weighted by atomic mass is 9.78. The summed E-state index contributed by atoms with van der Waals surface area (Å²) < 4.78 is 32.7. The zero-order chi connectivity index (χ0) is 17.4. The van der Waals surface area contributed by atoms with Crippen molar-refractivity contribution in [1.29, 1.82) is 0 Å². The number of benzene rings is 2. The summed E-state index contributed by atoms with van der Waals surface area (Å²) in [6.07, 6.45) is 8.06. The number of allylic oxidation sites excluding steroid dienone is 4. The maximum absolute atomic E-state index is 13.4. The second kappa shape index (κ2) is 5.81. The van der Waals surface area contributed by atoms with Crippen molar-refractivity contribution in [2.75, 3.05) is 0 Å². The van der Waals surface area contributed by atoms with Gasteiger partial charge in [-0.25, -0.2) is 13.6 Å². The second-order valence-electron chi connectivity index (χ2n) is 5.95. The summed E-state index contributed by atoms with van der Waals surface area (Å²) in [6.45, 7) is 0. The van der Waals surface area contributed by atoms with E-state index in [1.165, 1.54) is 24.3 Å². The SMILES string of the molecule is O=C1OC(c2ccc(F)cc2)(c2ccc(F)cc2)C2=CC=CCC=C12. The minimum Gasteiger partial charge on any atom is -0.441 e. The average molecular weight is 336 g/mol. The van der Waals surface area contributed by atoms with Crippen LogP contribution in [0.1, 0.15) is 17.5 Å². The lowest BCUT2D eigenvalue weighted by Gasteiger charge is -2.30. The first-order chi connectivity index (χ1) is 12.1. The van der Waals surface area contributed by atoms with Crippen LogP contribution in [-0.2, 0) is 15.1 Å². The topological polar surface area (TPSA) is 26.3 Å². The van der Waals surface area contributed by atoms with E-state index in [-0.39, 0.29) is 11.6 Å². The molecule has 2 nitrogen and oxygen atoms in total. The lowest BCUT2D eigenvalue weighted by Crippen LogP contribution is -2.29. The largest absolute Gasteiger partial charge is 0.441 e. The predicted octanol–water partition coefficient (Wildman–Crippen LogP) is 4.58. The third-order valence-electron chi connectivity index (χ3n) is 4.49. The first-order valence-corrected chi connectivity index (χ1v) is 7.94. The van der Waals surface area contributed by atoms with E-state index >= 15 is 0 Å². The molecule has 0 amide bonds. The van der Waals surface area contributed by atoms with Crippen molar-refractivity contribution in [2.45, 2.75) is 12.0 Å². The van der Waals surface area contributed by atoms with Crippen molar-refractivity contribution < 1.29 is 18.3 Å². The van der Waals surface area contributed by atoms with Crippen LogP contribution in [0.25, 0.3) is 0 Å². The molecule has 2 aromatic carbocycles. The van der Waals surface area contributed by atoms with Crippen LogP contribution in [-0.4, -0.2) is 5.97 Å². The molecule has 1 aliphatic carbocycles. The van der Waals surface area contributed by atoms with Gasteiger partial charge in [0, 0.05) is 16.7 Å². The molecule has 124 valence electrons. The van der Waals surface area contributed by atoms with Crippen LogP contribution in [0.3, 0.4) is 0 Å². The Morgan fingerprint density at radius 1 is 0.880 bits per heavy atom. The van der Waals surface area contributed by atoms with Gasteiger partial charge in [0.25, 0.3) is 0 Å². The van der Waals surface area contributed by atoms with E-state index in [4.69, 9.17) is 4.74 Å². The van der Waals surface area contributed by atoms with Gasteiger partial charge in [-0.15, -0.1) is 0 Å². The molecule has 2 aromatic rings. The van der Waals surface area contributed by atoms with Gasteiger partial charge in [-0.3, -0.25) is 0 Å². The van der Waals surface area contributed by atoms with Gasteiger partial charge in [0.2, 0.25) is 0 Å². The Labute approximate surface area is 143 Å². The van der Waals surface area contributed by atoms with Crippen LogP contribution < -0.4 is 0 Å². The van der Waals surface area contributed by atoms with Crippen molar-refractivity contribution in [3.63, 3.8) is 0 Å². The number of carbonyl (C=O) groups excluding carboxylic acids is 1. The van der Waals surface area contributed by atoms with Gasteiger partial charge in [-0.2, -0.15) is 0 Å². The summed E-state index contributed by atoms with van der Waals surface area (Å²) in [5, 5.41) is 0. The Bertz CT molecular complexity index is 874. The molecule has 4 rings (SSSR count). The molecule has 0 bridgehead atoms. The van der Waals surface area contributed by atoms with Crippen molar-refractivity contribution >= 4 is 5.97 Å². The number of hydrogen-bond donors (Lipinski definition) is 0. The fourth-order valence-electron chi connectivity index (χ4n) is 3.34.